The SMILES string of the molecule is CCNc1nnc([S@](=O)[C@@H](C)c2cccc(C)c2)s1. The second-order valence-corrected chi connectivity index (χ2v) is 7.18. The topological polar surface area (TPSA) is 54.9 Å². The Morgan fingerprint density at radius 3 is 2.89 bits per heavy atom. The van der Waals surface area contributed by atoms with Crippen LogP contribution in [-0.2, 0) is 10.8 Å². The third kappa shape index (κ3) is 3.39. The molecule has 0 aliphatic heterocycles. The Labute approximate surface area is 119 Å². The van der Waals surface area contributed by atoms with Crippen LogP contribution < -0.4 is 5.32 Å². The highest BCUT2D eigenvalue weighted by atomic mass is 32.2. The van der Waals surface area contributed by atoms with E-state index in [-0.39, 0.29) is 5.25 Å². The summed E-state index contributed by atoms with van der Waals surface area (Å²) in [5.74, 6) is 0. The molecule has 1 heterocycles. The molecular formula is C13H17N3OS2. The van der Waals surface area contributed by atoms with E-state index >= 15 is 0 Å². The van der Waals surface area contributed by atoms with Crippen LogP contribution in [0, 0.1) is 6.92 Å². The van der Waals surface area contributed by atoms with E-state index in [4.69, 9.17) is 0 Å². The Hall–Kier alpha value is -1.27. The number of hydrogen-bond donors (Lipinski definition) is 1. The number of rotatable bonds is 5. The van der Waals surface area contributed by atoms with E-state index in [9.17, 15) is 4.21 Å². The van der Waals surface area contributed by atoms with Gasteiger partial charge in [0.15, 0.2) is 0 Å². The summed E-state index contributed by atoms with van der Waals surface area (Å²) in [6.45, 7) is 6.77. The molecule has 2 aromatic rings. The van der Waals surface area contributed by atoms with Gasteiger partial charge in [-0.15, -0.1) is 10.2 Å². The monoisotopic (exact) mass is 295 g/mol. The number of nitrogens with zero attached hydrogens (tertiary/aromatic N) is 2. The number of nitrogens with one attached hydrogen (secondary N) is 1. The molecular weight excluding hydrogens is 278 g/mol. The van der Waals surface area contributed by atoms with Crippen molar-refractivity contribution in [2.45, 2.75) is 30.4 Å². The van der Waals surface area contributed by atoms with Gasteiger partial charge in [0, 0.05) is 6.54 Å². The quantitative estimate of drug-likeness (QED) is 0.920. The van der Waals surface area contributed by atoms with Gasteiger partial charge in [-0.05, 0) is 26.3 Å². The molecule has 0 amide bonds. The van der Waals surface area contributed by atoms with Crippen LogP contribution in [0.3, 0.4) is 0 Å². The molecule has 0 aliphatic rings. The molecule has 4 nitrogen and oxygen atoms in total. The normalized spacial score (nSPS) is 14.1. The van der Waals surface area contributed by atoms with E-state index < -0.39 is 10.8 Å². The third-order valence-corrected chi connectivity index (χ3v) is 5.50. The summed E-state index contributed by atoms with van der Waals surface area (Å²) >= 11 is 1.36. The van der Waals surface area contributed by atoms with Gasteiger partial charge >= 0.3 is 0 Å². The number of benzene rings is 1. The lowest BCUT2D eigenvalue weighted by molar-refractivity contribution is 0.674. The minimum absolute atomic E-state index is 0.0812. The molecule has 0 fully saturated rings. The molecule has 0 aliphatic carbocycles. The van der Waals surface area contributed by atoms with E-state index in [0.717, 1.165) is 17.2 Å². The number of hydrogen-bond acceptors (Lipinski definition) is 5. The maximum absolute atomic E-state index is 12.5. The highest BCUT2D eigenvalue weighted by molar-refractivity contribution is 7.87. The Bertz CT molecular complexity index is 583. The minimum Gasteiger partial charge on any atom is -0.360 e. The molecule has 2 atom stereocenters. The third-order valence-electron chi connectivity index (χ3n) is 2.74. The van der Waals surface area contributed by atoms with Crippen molar-refractivity contribution in [2.75, 3.05) is 11.9 Å². The van der Waals surface area contributed by atoms with Gasteiger partial charge in [0.05, 0.1) is 16.0 Å². The van der Waals surface area contributed by atoms with Gasteiger partial charge in [0.1, 0.15) is 0 Å². The second-order valence-electron chi connectivity index (χ2n) is 4.26. The molecule has 0 saturated carbocycles. The van der Waals surface area contributed by atoms with Crippen molar-refractivity contribution in [3.63, 3.8) is 0 Å². The van der Waals surface area contributed by atoms with Gasteiger partial charge in [-0.1, -0.05) is 41.2 Å². The van der Waals surface area contributed by atoms with Crippen molar-refractivity contribution in [1.82, 2.24) is 10.2 Å². The second kappa shape index (κ2) is 6.25. The lowest BCUT2D eigenvalue weighted by Crippen LogP contribution is -2.03. The molecule has 0 saturated heterocycles. The number of aryl methyl sites for hydroxylation is 1. The van der Waals surface area contributed by atoms with Crippen LogP contribution in [0.25, 0.3) is 0 Å². The molecule has 0 unspecified atom stereocenters. The van der Waals surface area contributed by atoms with E-state index in [0.29, 0.717) is 4.34 Å². The van der Waals surface area contributed by atoms with Gasteiger partial charge in [-0.2, -0.15) is 0 Å². The summed E-state index contributed by atoms with van der Waals surface area (Å²) in [5, 5.41) is 11.7. The number of anilines is 1. The van der Waals surface area contributed by atoms with Crippen LogP contribution in [0.1, 0.15) is 30.2 Å². The van der Waals surface area contributed by atoms with E-state index in [1.165, 1.54) is 16.9 Å². The summed E-state index contributed by atoms with van der Waals surface area (Å²) in [6.07, 6.45) is 0. The largest absolute Gasteiger partial charge is 0.360 e. The van der Waals surface area contributed by atoms with Crippen molar-refractivity contribution >= 4 is 27.3 Å². The van der Waals surface area contributed by atoms with Gasteiger partial charge < -0.3 is 5.32 Å². The molecule has 19 heavy (non-hydrogen) atoms. The zero-order valence-electron chi connectivity index (χ0n) is 11.2. The zero-order valence-corrected chi connectivity index (χ0v) is 12.8. The van der Waals surface area contributed by atoms with E-state index in [1.807, 2.05) is 39.0 Å². The molecule has 0 radical (unpaired) electrons. The summed E-state index contributed by atoms with van der Waals surface area (Å²) < 4.78 is 13.0. The smallest absolute Gasteiger partial charge is 0.206 e. The molecule has 1 aromatic heterocycles. The van der Waals surface area contributed by atoms with Crippen molar-refractivity contribution < 1.29 is 4.21 Å². The predicted molar refractivity (Wildman–Crippen MR) is 80.1 cm³/mol. The lowest BCUT2D eigenvalue weighted by Gasteiger charge is -2.09. The fourth-order valence-corrected chi connectivity index (χ4v) is 4.07. The van der Waals surface area contributed by atoms with Crippen LogP contribution in [0.5, 0.6) is 0 Å². The molecule has 0 spiro atoms. The van der Waals surface area contributed by atoms with Crippen molar-refractivity contribution in [3.8, 4) is 0 Å². The average molecular weight is 295 g/mol. The Morgan fingerprint density at radius 1 is 1.42 bits per heavy atom. The molecule has 1 aromatic carbocycles. The van der Waals surface area contributed by atoms with E-state index in [1.54, 1.807) is 0 Å². The first-order valence-corrected chi connectivity index (χ1v) is 8.19. The predicted octanol–water partition coefficient (Wildman–Crippen LogP) is 3.15. The van der Waals surface area contributed by atoms with Crippen LogP contribution in [0.2, 0.25) is 0 Å². The summed E-state index contributed by atoms with van der Waals surface area (Å²) in [6, 6.07) is 8.09. The Kier molecular flexibility index (Phi) is 4.66. The lowest BCUT2D eigenvalue weighted by atomic mass is 10.1. The van der Waals surface area contributed by atoms with Gasteiger partial charge in [0.2, 0.25) is 9.47 Å². The van der Waals surface area contributed by atoms with Crippen molar-refractivity contribution in [2.24, 2.45) is 0 Å². The fourth-order valence-electron chi connectivity index (χ4n) is 1.71. The van der Waals surface area contributed by atoms with Crippen LogP contribution in [0.4, 0.5) is 5.13 Å². The first kappa shape index (κ1) is 14.1. The fraction of sp³-hybridized carbons (Fsp3) is 0.385. The van der Waals surface area contributed by atoms with Gasteiger partial charge in [-0.25, -0.2) is 0 Å². The van der Waals surface area contributed by atoms with Crippen LogP contribution >= 0.6 is 11.3 Å². The first-order chi connectivity index (χ1) is 9.11. The van der Waals surface area contributed by atoms with Crippen LogP contribution in [0.15, 0.2) is 28.6 Å². The van der Waals surface area contributed by atoms with Crippen molar-refractivity contribution in [1.29, 1.82) is 0 Å². The standard InChI is InChI=1S/C13H17N3OS2/c1-4-14-12-15-16-13(18-12)19(17)10(3)11-7-5-6-9(2)8-11/h5-8,10H,4H2,1-3H3,(H,14,15)/t10-,19+/m0/s1. The summed E-state index contributed by atoms with van der Waals surface area (Å²) in [4.78, 5) is 0. The highest BCUT2D eigenvalue weighted by Crippen LogP contribution is 2.28. The zero-order chi connectivity index (χ0) is 13.8. The van der Waals surface area contributed by atoms with Crippen LogP contribution in [-0.4, -0.2) is 21.0 Å². The first-order valence-electron chi connectivity index (χ1n) is 6.16. The van der Waals surface area contributed by atoms with Crippen molar-refractivity contribution in [3.05, 3.63) is 35.4 Å². The molecule has 0 bridgehead atoms. The average Bonchev–Trinajstić information content (AvgIpc) is 2.86. The minimum atomic E-state index is -1.17. The van der Waals surface area contributed by atoms with Gasteiger partial charge in [-0.3, -0.25) is 4.21 Å². The molecule has 6 heteroatoms. The molecule has 1 N–H and O–H groups in total. The molecule has 2 rings (SSSR count). The summed E-state index contributed by atoms with van der Waals surface area (Å²) in [7, 11) is -1.17. The highest BCUT2D eigenvalue weighted by Gasteiger charge is 2.19. The Balaban J connectivity index is 2.18. The Morgan fingerprint density at radius 2 is 2.21 bits per heavy atom. The molecule has 102 valence electrons. The number of aromatic nitrogens is 2. The maximum atomic E-state index is 12.5. The van der Waals surface area contributed by atoms with E-state index in [2.05, 4.69) is 21.6 Å². The maximum Gasteiger partial charge on any atom is 0.206 e. The van der Waals surface area contributed by atoms with Gasteiger partial charge in [0.25, 0.3) is 0 Å². The summed E-state index contributed by atoms with van der Waals surface area (Å²) in [5.41, 5.74) is 2.24.